The van der Waals surface area contributed by atoms with Crippen LogP contribution in [0.1, 0.15) is 72.9 Å². The maximum atomic E-state index is 11.5. The molecule has 214 valence electrons. The average Bonchev–Trinajstić information content (AvgIpc) is 3.00. The normalized spacial score (nSPS) is 12.5. The van der Waals surface area contributed by atoms with Gasteiger partial charge in [0.2, 0.25) is 0 Å². The van der Waals surface area contributed by atoms with Crippen molar-refractivity contribution in [2.75, 3.05) is 0 Å². The summed E-state index contributed by atoms with van der Waals surface area (Å²) in [6, 6.07) is 34.1. The molecular formula is C38H40N2O2. The molecular weight excluding hydrogens is 516 g/mol. The predicted molar refractivity (Wildman–Crippen MR) is 170 cm³/mol. The summed E-state index contributed by atoms with van der Waals surface area (Å²) < 4.78 is 0. The van der Waals surface area contributed by atoms with Crippen molar-refractivity contribution >= 4 is 0 Å². The Labute approximate surface area is 251 Å². The van der Waals surface area contributed by atoms with Crippen LogP contribution in [-0.2, 0) is 13.1 Å². The van der Waals surface area contributed by atoms with Crippen LogP contribution in [-0.4, -0.2) is 32.6 Å². The van der Waals surface area contributed by atoms with E-state index in [0.717, 1.165) is 22.3 Å². The third-order valence-corrected chi connectivity index (χ3v) is 7.20. The van der Waals surface area contributed by atoms with Crippen LogP contribution in [0.4, 0.5) is 0 Å². The van der Waals surface area contributed by atoms with Crippen LogP contribution >= 0.6 is 0 Å². The molecule has 0 bridgehead atoms. The average molecular weight is 557 g/mol. The summed E-state index contributed by atoms with van der Waals surface area (Å²) >= 11 is 0. The minimum absolute atomic E-state index is 0.229. The first-order chi connectivity index (χ1) is 20.3. The fraction of sp³-hybridized carbons (Fsp3) is 0.263. The van der Waals surface area contributed by atoms with E-state index < -0.39 is 12.1 Å². The Morgan fingerprint density at radius 3 is 1.14 bits per heavy atom. The first kappa shape index (κ1) is 30.8. The summed E-state index contributed by atoms with van der Waals surface area (Å²) in [5, 5.41) is 25.4. The molecule has 4 heteroatoms. The maximum Gasteiger partial charge on any atom is 0.125 e. The number of hydrogen-bond acceptors (Lipinski definition) is 4. The third-order valence-electron chi connectivity index (χ3n) is 7.20. The molecule has 0 aliphatic heterocycles. The Kier molecular flexibility index (Phi) is 11.1. The van der Waals surface area contributed by atoms with Gasteiger partial charge in [0.1, 0.15) is 12.1 Å². The van der Waals surface area contributed by atoms with Crippen LogP contribution in [0.3, 0.4) is 0 Å². The van der Waals surface area contributed by atoms with Crippen molar-refractivity contribution in [2.24, 2.45) is 0 Å². The molecule has 4 aromatic rings. The summed E-state index contributed by atoms with van der Waals surface area (Å²) in [6.45, 7) is 9.09. The molecule has 0 unspecified atom stereocenters. The van der Waals surface area contributed by atoms with Crippen LogP contribution in [0.15, 0.2) is 109 Å². The molecule has 4 aromatic carbocycles. The number of benzene rings is 4. The van der Waals surface area contributed by atoms with Crippen molar-refractivity contribution in [3.05, 3.63) is 143 Å². The monoisotopic (exact) mass is 556 g/mol. The molecule has 0 radical (unpaired) electrons. The molecule has 0 aromatic heterocycles. The van der Waals surface area contributed by atoms with E-state index >= 15 is 0 Å². The highest BCUT2D eigenvalue weighted by Crippen LogP contribution is 2.20. The van der Waals surface area contributed by atoms with Crippen molar-refractivity contribution in [1.82, 2.24) is 10.1 Å². The molecule has 0 amide bonds. The highest BCUT2D eigenvalue weighted by Gasteiger charge is 2.29. The van der Waals surface area contributed by atoms with Gasteiger partial charge in [-0.2, -0.15) is 10.1 Å². The van der Waals surface area contributed by atoms with Crippen molar-refractivity contribution in [3.8, 4) is 23.7 Å². The molecule has 2 atom stereocenters. The number of hydroxylamine groups is 4. The van der Waals surface area contributed by atoms with Gasteiger partial charge in [-0.3, -0.25) is 0 Å². The van der Waals surface area contributed by atoms with Crippen molar-refractivity contribution in [3.63, 3.8) is 0 Å². The van der Waals surface area contributed by atoms with Crippen molar-refractivity contribution in [1.29, 1.82) is 0 Å². The Morgan fingerprint density at radius 2 is 0.833 bits per heavy atom. The molecule has 4 rings (SSSR count). The Hall–Kier alpha value is -4.16. The summed E-state index contributed by atoms with van der Waals surface area (Å²) in [7, 11) is 0. The van der Waals surface area contributed by atoms with Crippen molar-refractivity contribution in [2.45, 2.75) is 64.7 Å². The second-order valence-electron chi connectivity index (χ2n) is 11.1. The fourth-order valence-electron chi connectivity index (χ4n) is 4.58. The van der Waals surface area contributed by atoms with E-state index in [2.05, 4.69) is 75.6 Å². The number of hydrogen-bond donors (Lipinski definition) is 2. The zero-order valence-electron chi connectivity index (χ0n) is 24.9. The van der Waals surface area contributed by atoms with E-state index in [0.29, 0.717) is 11.8 Å². The molecule has 0 spiro atoms. The summed E-state index contributed by atoms with van der Waals surface area (Å²) in [5.74, 6) is 13.7. The van der Waals surface area contributed by atoms with Gasteiger partial charge >= 0.3 is 0 Å². The van der Waals surface area contributed by atoms with Crippen LogP contribution < -0.4 is 0 Å². The van der Waals surface area contributed by atoms with Gasteiger partial charge in [0.05, 0.1) is 13.1 Å². The number of nitrogens with zero attached hydrogens (tertiary/aromatic N) is 2. The smallest absolute Gasteiger partial charge is 0.125 e. The molecule has 42 heavy (non-hydrogen) atoms. The van der Waals surface area contributed by atoms with Gasteiger partial charge in [-0.05, 0) is 58.4 Å². The van der Waals surface area contributed by atoms with Gasteiger partial charge in [0.15, 0.2) is 0 Å². The van der Waals surface area contributed by atoms with E-state index in [4.69, 9.17) is 0 Å². The minimum atomic E-state index is -0.814. The zero-order valence-corrected chi connectivity index (χ0v) is 24.9. The van der Waals surface area contributed by atoms with E-state index in [9.17, 15) is 10.4 Å². The SMILES string of the molecule is CC(C)c1ccc(CN(O)[C@H](C#Cc2ccccc2)[C@@H](C#Cc2ccccc2)N(O)Cc2ccc(C(C)C)cc2)cc1. The van der Waals surface area contributed by atoms with Gasteiger partial charge in [-0.25, -0.2) is 0 Å². The van der Waals surface area contributed by atoms with Gasteiger partial charge in [0, 0.05) is 11.1 Å². The van der Waals surface area contributed by atoms with E-state index in [1.807, 2.05) is 84.9 Å². The zero-order chi connectivity index (χ0) is 29.9. The van der Waals surface area contributed by atoms with Crippen LogP contribution in [0.5, 0.6) is 0 Å². The van der Waals surface area contributed by atoms with Crippen LogP contribution in [0.25, 0.3) is 0 Å². The Bertz CT molecular complexity index is 1390. The lowest BCUT2D eigenvalue weighted by atomic mass is 10.0. The van der Waals surface area contributed by atoms with E-state index in [1.54, 1.807) is 0 Å². The van der Waals surface area contributed by atoms with Gasteiger partial charge < -0.3 is 10.4 Å². The molecule has 0 aliphatic rings. The molecule has 0 heterocycles. The number of rotatable bonds is 9. The molecule has 0 saturated carbocycles. The summed E-state index contributed by atoms with van der Waals surface area (Å²) in [4.78, 5) is 0. The predicted octanol–water partition coefficient (Wildman–Crippen LogP) is 7.86. The third kappa shape index (κ3) is 8.92. The largest absolute Gasteiger partial charge is 0.312 e. The maximum absolute atomic E-state index is 11.5. The summed E-state index contributed by atoms with van der Waals surface area (Å²) in [5.41, 5.74) is 6.00. The van der Waals surface area contributed by atoms with Crippen molar-refractivity contribution < 1.29 is 10.4 Å². The first-order valence-electron chi connectivity index (χ1n) is 14.5. The molecule has 0 aliphatic carbocycles. The molecule has 0 fully saturated rings. The lowest BCUT2D eigenvalue weighted by Gasteiger charge is -2.31. The van der Waals surface area contributed by atoms with Crippen LogP contribution in [0, 0.1) is 23.7 Å². The lowest BCUT2D eigenvalue weighted by molar-refractivity contribution is -0.180. The summed E-state index contributed by atoms with van der Waals surface area (Å²) in [6.07, 6.45) is 0. The second kappa shape index (κ2) is 15.2. The highest BCUT2D eigenvalue weighted by atomic mass is 16.5. The molecule has 4 nitrogen and oxygen atoms in total. The fourth-order valence-corrected chi connectivity index (χ4v) is 4.58. The minimum Gasteiger partial charge on any atom is -0.312 e. The standard InChI is InChI=1S/C38H40N2O2/c1-29(2)35-21-15-33(16-22-35)27-39(41)37(25-19-31-11-7-5-8-12-31)38(26-20-32-13-9-6-10-14-32)40(42)28-34-17-23-36(24-18-34)30(3)4/h5-18,21-24,29-30,37-38,41-42H,27-28H2,1-4H3/t37-,38-/m1/s1. The van der Waals surface area contributed by atoms with Gasteiger partial charge in [-0.15, -0.1) is 0 Å². The highest BCUT2D eigenvalue weighted by molar-refractivity contribution is 5.39. The molecule has 2 N–H and O–H groups in total. The van der Waals surface area contributed by atoms with Gasteiger partial charge in [-0.1, -0.05) is 136 Å². The Balaban J connectivity index is 1.70. The Morgan fingerprint density at radius 1 is 0.500 bits per heavy atom. The molecule has 0 saturated heterocycles. The first-order valence-corrected chi connectivity index (χ1v) is 14.5. The second-order valence-corrected chi connectivity index (χ2v) is 11.1. The quantitative estimate of drug-likeness (QED) is 0.163. The van der Waals surface area contributed by atoms with E-state index in [-0.39, 0.29) is 13.1 Å². The van der Waals surface area contributed by atoms with Crippen LogP contribution in [0.2, 0.25) is 0 Å². The van der Waals surface area contributed by atoms with Gasteiger partial charge in [0.25, 0.3) is 0 Å². The topological polar surface area (TPSA) is 46.9 Å². The van der Waals surface area contributed by atoms with E-state index in [1.165, 1.54) is 21.3 Å². The lowest BCUT2D eigenvalue weighted by Crippen LogP contribution is -2.48.